The molecular weight excluding hydrogens is 271 g/mol. The van der Waals surface area contributed by atoms with Crippen molar-refractivity contribution in [1.29, 1.82) is 0 Å². The van der Waals surface area contributed by atoms with E-state index in [0.717, 1.165) is 32.0 Å². The van der Waals surface area contributed by atoms with Crippen LogP contribution in [0, 0.1) is 5.82 Å². The van der Waals surface area contributed by atoms with E-state index in [9.17, 15) is 4.39 Å². The number of hydrazine groups is 1. The van der Waals surface area contributed by atoms with Crippen LogP contribution in [-0.4, -0.2) is 36.1 Å². The van der Waals surface area contributed by atoms with Crippen molar-refractivity contribution in [3.63, 3.8) is 0 Å². The zero-order chi connectivity index (χ0) is 14.7. The monoisotopic (exact) mass is 288 g/mol. The number of nitrogens with two attached hydrogens (primary N) is 1. The van der Waals surface area contributed by atoms with Gasteiger partial charge < -0.3 is 9.80 Å². The molecule has 0 bridgehead atoms. The first-order valence-electron chi connectivity index (χ1n) is 6.82. The van der Waals surface area contributed by atoms with Gasteiger partial charge >= 0.3 is 0 Å². The van der Waals surface area contributed by atoms with Gasteiger partial charge in [0.15, 0.2) is 0 Å². The second kappa shape index (κ2) is 5.92. The quantitative estimate of drug-likeness (QED) is 0.654. The molecule has 2 aromatic rings. The third-order valence-electron chi connectivity index (χ3n) is 3.57. The van der Waals surface area contributed by atoms with Gasteiger partial charge in [0.1, 0.15) is 11.6 Å². The van der Waals surface area contributed by atoms with Crippen molar-refractivity contribution in [1.82, 2.24) is 9.97 Å². The first kappa shape index (κ1) is 13.6. The Bertz CT molecular complexity index is 612. The molecule has 0 amide bonds. The van der Waals surface area contributed by atoms with Gasteiger partial charge in [-0.15, -0.1) is 0 Å². The molecular formula is C14H17FN6. The van der Waals surface area contributed by atoms with Crippen LogP contribution in [-0.2, 0) is 0 Å². The maximum Gasteiger partial charge on any atom is 0.239 e. The molecule has 6 nitrogen and oxygen atoms in total. The maximum absolute atomic E-state index is 13.8. The van der Waals surface area contributed by atoms with Crippen LogP contribution < -0.4 is 21.1 Å². The summed E-state index contributed by atoms with van der Waals surface area (Å²) in [5, 5.41) is 0. The molecule has 0 spiro atoms. The normalized spacial score (nSPS) is 15.1. The van der Waals surface area contributed by atoms with Gasteiger partial charge in [0.05, 0.1) is 5.69 Å². The number of rotatable bonds is 3. The molecule has 1 saturated heterocycles. The van der Waals surface area contributed by atoms with Crippen LogP contribution in [0.1, 0.15) is 0 Å². The highest BCUT2D eigenvalue weighted by molar-refractivity contribution is 5.50. The molecule has 110 valence electrons. The standard InChI is InChI=1S/C14H17FN6/c15-11-3-1-2-4-12(11)20-7-9-21(10-8-20)13-5-6-17-14(18-13)19-16/h1-6H,7-10,16H2,(H,17,18,19). The largest absolute Gasteiger partial charge is 0.366 e. The average molecular weight is 288 g/mol. The predicted octanol–water partition coefficient (Wildman–Crippen LogP) is 1.23. The number of hydrogen-bond acceptors (Lipinski definition) is 6. The number of nitrogen functional groups attached to an aromatic ring is 1. The molecule has 1 aliphatic heterocycles. The first-order chi connectivity index (χ1) is 10.3. The van der Waals surface area contributed by atoms with E-state index in [4.69, 9.17) is 5.84 Å². The molecule has 1 aromatic heterocycles. The molecule has 1 aromatic carbocycles. The molecule has 21 heavy (non-hydrogen) atoms. The van der Waals surface area contributed by atoms with Crippen molar-refractivity contribution >= 4 is 17.5 Å². The second-order valence-corrected chi connectivity index (χ2v) is 4.81. The van der Waals surface area contributed by atoms with Gasteiger partial charge in [-0.25, -0.2) is 15.2 Å². The van der Waals surface area contributed by atoms with Crippen molar-refractivity contribution in [3.05, 3.63) is 42.3 Å². The number of para-hydroxylation sites is 1. The van der Waals surface area contributed by atoms with E-state index in [-0.39, 0.29) is 5.82 Å². The smallest absolute Gasteiger partial charge is 0.239 e. The van der Waals surface area contributed by atoms with Gasteiger partial charge in [-0.1, -0.05) is 12.1 Å². The third-order valence-corrected chi connectivity index (χ3v) is 3.57. The molecule has 0 aliphatic carbocycles. The summed E-state index contributed by atoms with van der Waals surface area (Å²) >= 11 is 0. The van der Waals surface area contributed by atoms with E-state index in [1.807, 2.05) is 18.2 Å². The minimum Gasteiger partial charge on any atom is -0.366 e. The maximum atomic E-state index is 13.8. The van der Waals surface area contributed by atoms with Crippen molar-refractivity contribution in [2.24, 2.45) is 5.84 Å². The Hall–Kier alpha value is -2.41. The van der Waals surface area contributed by atoms with Crippen LogP contribution in [0.15, 0.2) is 36.5 Å². The fourth-order valence-corrected chi connectivity index (χ4v) is 2.48. The molecule has 2 heterocycles. The molecule has 7 heteroatoms. The Morgan fingerprint density at radius 3 is 2.48 bits per heavy atom. The van der Waals surface area contributed by atoms with E-state index in [0.29, 0.717) is 11.6 Å². The highest BCUT2D eigenvalue weighted by Crippen LogP contribution is 2.22. The van der Waals surface area contributed by atoms with E-state index in [1.165, 1.54) is 6.07 Å². The first-order valence-corrected chi connectivity index (χ1v) is 6.82. The molecule has 0 atom stereocenters. The number of aromatic nitrogens is 2. The lowest BCUT2D eigenvalue weighted by Gasteiger charge is -2.36. The lowest BCUT2D eigenvalue weighted by molar-refractivity contribution is 0.596. The minimum absolute atomic E-state index is 0.178. The molecule has 0 saturated carbocycles. The van der Waals surface area contributed by atoms with Crippen LogP contribution in [0.4, 0.5) is 21.8 Å². The van der Waals surface area contributed by atoms with E-state index < -0.39 is 0 Å². The van der Waals surface area contributed by atoms with Gasteiger partial charge in [0.2, 0.25) is 5.95 Å². The molecule has 0 unspecified atom stereocenters. The predicted molar refractivity (Wildman–Crippen MR) is 80.7 cm³/mol. The summed E-state index contributed by atoms with van der Waals surface area (Å²) in [4.78, 5) is 12.5. The number of nitrogens with one attached hydrogen (secondary N) is 1. The second-order valence-electron chi connectivity index (χ2n) is 4.81. The van der Waals surface area contributed by atoms with Crippen molar-refractivity contribution < 1.29 is 4.39 Å². The summed E-state index contributed by atoms with van der Waals surface area (Å²) in [5.41, 5.74) is 3.10. The Kier molecular flexibility index (Phi) is 3.83. The molecule has 3 N–H and O–H groups in total. The number of piperazine rings is 1. The topological polar surface area (TPSA) is 70.3 Å². The SMILES string of the molecule is NNc1nccc(N2CCN(c3ccccc3F)CC2)n1. The molecule has 1 fully saturated rings. The number of halogens is 1. The zero-order valence-electron chi connectivity index (χ0n) is 11.5. The number of anilines is 3. The van der Waals surface area contributed by atoms with Gasteiger partial charge in [0, 0.05) is 32.4 Å². The molecule has 3 rings (SSSR count). The van der Waals surface area contributed by atoms with Crippen molar-refractivity contribution in [3.8, 4) is 0 Å². The Morgan fingerprint density at radius 1 is 1.05 bits per heavy atom. The summed E-state index contributed by atoms with van der Waals surface area (Å²) < 4.78 is 13.8. The number of benzene rings is 1. The fraction of sp³-hybridized carbons (Fsp3) is 0.286. The van der Waals surface area contributed by atoms with Crippen molar-refractivity contribution in [2.75, 3.05) is 41.4 Å². The Balaban J connectivity index is 1.69. The van der Waals surface area contributed by atoms with Crippen LogP contribution in [0.2, 0.25) is 0 Å². The average Bonchev–Trinajstić information content (AvgIpc) is 2.56. The van der Waals surface area contributed by atoms with Gasteiger partial charge in [0.25, 0.3) is 0 Å². The summed E-state index contributed by atoms with van der Waals surface area (Å²) in [6.45, 7) is 3.04. The third kappa shape index (κ3) is 2.87. The Morgan fingerprint density at radius 2 is 1.76 bits per heavy atom. The number of hydrogen-bond donors (Lipinski definition) is 2. The van der Waals surface area contributed by atoms with Gasteiger partial charge in [-0.3, -0.25) is 5.43 Å². The van der Waals surface area contributed by atoms with Crippen LogP contribution >= 0.6 is 0 Å². The summed E-state index contributed by atoms with van der Waals surface area (Å²) in [5.74, 6) is 6.36. The highest BCUT2D eigenvalue weighted by atomic mass is 19.1. The van der Waals surface area contributed by atoms with Crippen LogP contribution in [0.5, 0.6) is 0 Å². The lowest BCUT2D eigenvalue weighted by atomic mass is 10.2. The fourth-order valence-electron chi connectivity index (χ4n) is 2.48. The van der Waals surface area contributed by atoms with Crippen molar-refractivity contribution in [2.45, 2.75) is 0 Å². The van der Waals surface area contributed by atoms with Gasteiger partial charge in [-0.2, -0.15) is 4.98 Å². The zero-order valence-corrected chi connectivity index (χ0v) is 11.5. The lowest BCUT2D eigenvalue weighted by Crippen LogP contribution is -2.47. The van der Waals surface area contributed by atoms with Crippen LogP contribution in [0.25, 0.3) is 0 Å². The Labute approximate surface area is 122 Å². The number of nitrogens with zero attached hydrogens (tertiary/aromatic N) is 4. The summed E-state index contributed by atoms with van der Waals surface area (Å²) in [6, 6.07) is 8.71. The van der Waals surface area contributed by atoms with Crippen LogP contribution in [0.3, 0.4) is 0 Å². The highest BCUT2D eigenvalue weighted by Gasteiger charge is 2.20. The van der Waals surface area contributed by atoms with Gasteiger partial charge in [-0.05, 0) is 18.2 Å². The molecule has 1 aliphatic rings. The summed E-state index contributed by atoms with van der Waals surface area (Å²) in [6.07, 6.45) is 1.67. The van der Waals surface area contributed by atoms with E-state index in [2.05, 4.69) is 25.2 Å². The molecule has 0 radical (unpaired) electrons. The summed E-state index contributed by atoms with van der Waals surface area (Å²) in [7, 11) is 0. The minimum atomic E-state index is -0.178. The van der Waals surface area contributed by atoms with E-state index in [1.54, 1.807) is 12.3 Å². The van der Waals surface area contributed by atoms with E-state index >= 15 is 0 Å².